The van der Waals surface area contributed by atoms with Crippen LogP contribution in [0.4, 0.5) is 4.39 Å². The predicted molar refractivity (Wildman–Crippen MR) is 56.6 cm³/mol. The van der Waals surface area contributed by atoms with Gasteiger partial charge in [-0.2, -0.15) is 0 Å². The Kier molecular flexibility index (Phi) is 4.28. The molecule has 0 saturated carbocycles. The summed E-state index contributed by atoms with van der Waals surface area (Å²) in [5.74, 6) is -1.40. The Morgan fingerprint density at radius 1 is 1.40 bits per heavy atom. The molecule has 1 N–H and O–H groups in total. The molecule has 0 fully saturated rings. The molecule has 0 radical (unpaired) electrons. The summed E-state index contributed by atoms with van der Waals surface area (Å²) in [4.78, 5) is 10.4. The second kappa shape index (κ2) is 5.49. The summed E-state index contributed by atoms with van der Waals surface area (Å²) < 4.78 is 13.6. The first-order valence-corrected chi connectivity index (χ1v) is 5.06. The Morgan fingerprint density at radius 3 is 2.47 bits per heavy atom. The van der Waals surface area contributed by atoms with Gasteiger partial charge in [0.25, 0.3) is 0 Å². The molecular weight excluding hydrogens is 195 g/mol. The van der Waals surface area contributed by atoms with Crippen LogP contribution >= 0.6 is 0 Å². The zero-order valence-electron chi connectivity index (χ0n) is 8.69. The van der Waals surface area contributed by atoms with E-state index in [1.54, 1.807) is 0 Å². The number of carboxylic acid groups (broad SMARTS) is 1. The number of benzene rings is 1. The van der Waals surface area contributed by atoms with E-state index in [-0.39, 0.29) is 5.92 Å². The van der Waals surface area contributed by atoms with Gasteiger partial charge in [0.2, 0.25) is 0 Å². The largest absolute Gasteiger partial charge is 0.481 e. The second-order valence-electron chi connectivity index (χ2n) is 3.54. The summed E-state index contributed by atoms with van der Waals surface area (Å²) in [6.45, 7) is 1.87. The summed E-state index contributed by atoms with van der Waals surface area (Å²) in [5, 5.41) is 8.54. The Balaban J connectivity index is 2.75. The van der Waals surface area contributed by atoms with E-state index >= 15 is 0 Å². The molecule has 2 atom stereocenters. The number of alkyl halides is 1. The van der Waals surface area contributed by atoms with E-state index in [0.29, 0.717) is 6.42 Å². The zero-order chi connectivity index (χ0) is 11.3. The number of carboxylic acids is 1. The third-order valence-corrected chi connectivity index (χ3v) is 2.47. The second-order valence-corrected chi connectivity index (χ2v) is 3.54. The van der Waals surface area contributed by atoms with E-state index in [4.69, 9.17) is 5.11 Å². The van der Waals surface area contributed by atoms with Crippen molar-refractivity contribution in [2.24, 2.45) is 0 Å². The maximum atomic E-state index is 13.6. The maximum absolute atomic E-state index is 13.6. The molecule has 0 heterocycles. The first-order valence-electron chi connectivity index (χ1n) is 5.06. The Hall–Kier alpha value is -1.38. The van der Waals surface area contributed by atoms with Gasteiger partial charge in [0.1, 0.15) is 6.17 Å². The monoisotopic (exact) mass is 210 g/mol. The molecule has 0 aliphatic rings. The van der Waals surface area contributed by atoms with Crippen LogP contribution < -0.4 is 0 Å². The van der Waals surface area contributed by atoms with Crippen molar-refractivity contribution in [3.8, 4) is 0 Å². The first-order chi connectivity index (χ1) is 7.15. The minimum Gasteiger partial charge on any atom is -0.481 e. The highest BCUT2D eigenvalue weighted by molar-refractivity contribution is 5.67. The fourth-order valence-corrected chi connectivity index (χ4v) is 1.71. The van der Waals surface area contributed by atoms with Gasteiger partial charge in [0, 0.05) is 5.92 Å². The third-order valence-electron chi connectivity index (χ3n) is 2.47. The van der Waals surface area contributed by atoms with Crippen molar-refractivity contribution in [1.29, 1.82) is 0 Å². The van der Waals surface area contributed by atoms with Crippen LogP contribution in [0.25, 0.3) is 0 Å². The van der Waals surface area contributed by atoms with E-state index in [1.807, 2.05) is 37.3 Å². The number of rotatable bonds is 5. The van der Waals surface area contributed by atoms with Gasteiger partial charge in [-0.15, -0.1) is 0 Å². The van der Waals surface area contributed by atoms with Crippen LogP contribution in [0.2, 0.25) is 0 Å². The molecule has 0 saturated heterocycles. The summed E-state index contributed by atoms with van der Waals surface area (Å²) >= 11 is 0. The van der Waals surface area contributed by atoms with E-state index in [9.17, 15) is 9.18 Å². The van der Waals surface area contributed by atoms with Crippen LogP contribution in [0.1, 0.15) is 31.2 Å². The molecule has 0 aliphatic heterocycles. The molecule has 0 aliphatic carbocycles. The molecule has 15 heavy (non-hydrogen) atoms. The lowest BCUT2D eigenvalue weighted by atomic mass is 9.90. The normalized spacial score (nSPS) is 14.5. The van der Waals surface area contributed by atoms with Crippen molar-refractivity contribution in [1.82, 2.24) is 0 Å². The molecule has 2 nitrogen and oxygen atoms in total. The Labute approximate surface area is 88.7 Å². The van der Waals surface area contributed by atoms with Crippen LogP contribution in [0.5, 0.6) is 0 Å². The van der Waals surface area contributed by atoms with Crippen molar-refractivity contribution < 1.29 is 14.3 Å². The quantitative estimate of drug-likeness (QED) is 0.811. The van der Waals surface area contributed by atoms with Gasteiger partial charge < -0.3 is 5.11 Å². The van der Waals surface area contributed by atoms with Crippen LogP contribution in [-0.4, -0.2) is 17.2 Å². The smallest absolute Gasteiger partial charge is 0.306 e. The fourth-order valence-electron chi connectivity index (χ4n) is 1.71. The molecule has 3 heteroatoms. The van der Waals surface area contributed by atoms with Crippen LogP contribution in [0, 0.1) is 0 Å². The number of halogens is 1. The summed E-state index contributed by atoms with van der Waals surface area (Å²) in [7, 11) is 0. The SMILES string of the molecule is CCC(c1ccccc1)C(F)CC(=O)O. The molecule has 0 aromatic heterocycles. The molecule has 0 amide bonds. The molecule has 82 valence electrons. The summed E-state index contributed by atoms with van der Waals surface area (Å²) in [5.41, 5.74) is 0.869. The number of carbonyl (C=O) groups is 1. The average molecular weight is 210 g/mol. The van der Waals surface area contributed by atoms with Gasteiger partial charge in [-0.25, -0.2) is 4.39 Å². The van der Waals surface area contributed by atoms with Crippen LogP contribution in [0.3, 0.4) is 0 Å². The van der Waals surface area contributed by atoms with Crippen LogP contribution in [-0.2, 0) is 4.79 Å². The zero-order valence-corrected chi connectivity index (χ0v) is 8.69. The standard InChI is InChI=1S/C12H15FO2/c1-2-10(11(13)8-12(14)15)9-6-4-3-5-7-9/h3-7,10-11H,2,8H2,1H3,(H,14,15). The van der Waals surface area contributed by atoms with Crippen molar-refractivity contribution in [2.75, 3.05) is 0 Å². The van der Waals surface area contributed by atoms with Gasteiger partial charge >= 0.3 is 5.97 Å². The lowest BCUT2D eigenvalue weighted by Crippen LogP contribution is -2.17. The Bertz CT molecular complexity index is 311. The fraction of sp³-hybridized carbons (Fsp3) is 0.417. The first kappa shape index (κ1) is 11.7. The van der Waals surface area contributed by atoms with Crippen molar-refractivity contribution in [3.63, 3.8) is 0 Å². The van der Waals surface area contributed by atoms with Crippen molar-refractivity contribution >= 4 is 5.97 Å². The molecular formula is C12H15FO2. The topological polar surface area (TPSA) is 37.3 Å². The van der Waals surface area contributed by atoms with Gasteiger partial charge in [0.15, 0.2) is 0 Å². The maximum Gasteiger partial charge on any atom is 0.306 e. The van der Waals surface area contributed by atoms with E-state index in [1.165, 1.54) is 0 Å². The summed E-state index contributed by atoms with van der Waals surface area (Å²) in [6.07, 6.45) is -1.12. The molecule has 1 rings (SSSR count). The average Bonchev–Trinajstić information content (AvgIpc) is 2.19. The lowest BCUT2D eigenvalue weighted by molar-refractivity contribution is -0.138. The van der Waals surface area contributed by atoms with Gasteiger partial charge in [-0.3, -0.25) is 4.79 Å². The van der Waals surface area contributed by atoms with Crippen molar-refractivity contribution in [3.05, 3.63) is 35.9 Å². The number of hydrogen-bond donors (Lipinski definition) is 1. The van der Waals surface area contributed by atoms with E-state index in [0.717, 1.165) is 5.56 Å². The minimum absolute atomic E-state index is 0.317. The number of hydrogen-bond acceptors (Lipinski definition) is 1. The third kappa shape index (κ3) is 3.35. The van der Waals surface area contributed by atoms with Gasteiger partial charge in [-0.1, -0.05) is 37.3 Å². The van der Waals surface area contributed by atoms with Gasteiger partial charge in [0.05, 0.1) is 6.42 Å². The molecule has 0 bridgehead atoms. The Morgan fingerprint density at radius 2 is 2.00 bits per heavy atom. The lowest BCUT2D eigenvalue weighted by Gasteiger charge is -2.18. The molecule has 2 unspecified atom stereocenters. The highest BCUT2D eigenvalue weighted by Gasteiger charge is 2.23. The number of aliphatic carboxylic acids is 1. The van der Waals surface area contributed by atoms with E-state index < -0.39 is 18.6 Å². The molecule has 1 aromatic rings. The highest BCUT2D eigenvalue weighted by atomic mass is 19.1. The highest BCUT2D eigenvalue weighted by Crippen LogP contribution is 2.27. The van der Waals surface area contributed by atoms with Crippen LogP contribution in [0.15, 0.2) is 30.3 Å². The molecule has 1 aromatic carbocycles. The van der Waals surface area contributed by atoms with E-state index in [2.05, 4.69) is 0 Å². The van der Waals surface area contributed by atoms with Gasteiger partial charge in [-0.05, 0) is 12.0 Å². The minimum atomic E-state index is -1.31. The predicted octanol–water partition coefficient (Wildman–Crippen LogP) is 2.99. The summed E-state index contributed by atoms with van der Waals surface area (Å²) in [6, 6.07) is 9.21. The van der Waals surface area contributed by atoms with Crippen molar-refractivity contribution in [2.45, 2.75) is 31.9 Å². The molecule has 0 spiro atoms.